The first-order valence-electron chi connectivity index (χ1n) is 6.67. The third kappa shape index (κ3) is 3.99. The second-order valence-corrected chi connectivity index (χ2v) is 7.09. The van der Waals surface area contributed by atoms with Gasteiger partial charge in [-0.15, -0.1) is 11.3 Å². The summed E-state index contributed by atoms with van der Waals surface area (Å²) in [7, 11) is -3.59. The van der Waals surface area contributed by atoms with Gasteiger partial charge in [0.05, 0.1) is 12.4 Å². The smallest absolute Gasteiger partial charge is 0.243 e. The Balaban J connectivity index is 2.07. The van der Waals surface area contributed by atoms with Crippen LogP contribution in [0.5, 0.6) is 0 Å². The molecule has 0 atom stereocenters. The molecule has 0 unspecified atom stereocenters. The molecule has 21 heavy (non-hydrogen) atoms. The van der Waals surface area contributed by atoms with Gasteiger partial charge in [-0.1, -0.05) is 6.92 Å². The lowest BCUT2D eigenvalue weighted by atomic mass is 10.2. The molecule has 0 fully saturated rings. The lowest BCUT2D eigenvalue weighted by molar-refractivity contribution is 0.580. The van der Waals surface area contributed by atoms with Gasteiger partial charge >= 0.3 is 0 Å². The Labute approximate surface area is 128 Å². The SMILES string of the molecule is CCNc1ncc(S(=O)(=O)NCc2sccc2CC)cn1. The minimum Gasteiger partial charge on any atom is -0.355 e. The zero-order valence-electron chi connectivity index (χ0n) is 12.0. The summed E-state index contributed by atoms with van der Waals surface area (Å²) < 4.78 is 27.0. The van der Waals surface area contributed by atoms with Crippen molar-refractivity contribution in [1.82, 2.24) is 14.7 Å². The number of anilines is 1. The van der Waals surface area contributed by atoms with Gasteiger partial charge in [0.2, 0.25) is 16.0 Å². The number of rotatable bonds is 7. The normalized spacial score (nSPS) is 11.5. The molecule has 0 radical (unpaired) electrons. The van der Waals surface area contributed by atoms with Gasteiger partial charge in [0, 0.05) is 18.0 Å². The number of nitrogens with one attached hydrogen (secondary N) is 2. The van der Waals surface area contributed by atoms with Gasteiger partial charge in [-0.25, -0.2) is 23.1 Å². The van der Waals surface area contributed by atoms with E-state index in [-0.39, 0.29) is 11.4 Å². The Morgan fingerprint density at radius 3 is 2.57 bits per heavy atom. The van der Waals surface area contributed by atoms with Gasteiger partial charge in [0.25, 0.3) is 0 Å². The van der Waals surface area contributed by atoms with Gasteiger partial charge < -0.3 is 5.32 Å². The molecule has 0 aliphatic carbocycles. The fraction of sp³-hybridized carbons (Fsp3) is 0.385. The first-order chi connectivity index (χ1) is 10.1. The summed E-state index contributed by atoms with van der Waals surface area (Å²) in [5.74, 6) is 0.419. The third-order valence-corrected chi connectivity index (χ3v) is 5.23. The van der Waals surface area contributed by atoms with E-state index in [1.54, 1.807) is 11.3 Å². The molecule has 8 heteroatoms. The summed E-state index contributed by atoms with van der Waals surface area (Å²) in [5, 5.41) is 4.89. The number of aromatic nitrogens is 2. The third-order valence-electron chi connectivity index (χ3n) is 2.91. The van der Waals surface area contributed by atoms with Gasteiger partial charge in [-0.2, -0.15) is 0 Å². The Bertz CT molecular complexity index is 680. The van der Waals surface area contributed by atoms with E-state index >= 15 is 0 Å². The molecule has 6 nitrogen and oxygen atoms in total. The van der Waals surface area contributed by atoms with Gasteiger partial charge in [0.15, 0.2) is 0 Å². The maximum atomic E-state index is 12.2. The van der Waals surface area contributed by atoms with E-state index in [4.69, 9.17) is 0 Å². The Morgan fingerprint density at radius 1 is 1.24 bits per heavy atom. The van der Waals surface area contributed by atoms with Crippen molar-refractivity contribution >= 4 is 27.3 Å². The first kappa shape index (κ1) is 15.9. The Kier molecular flexibility index (Phi) is 5.27. The summed E-state index contributed by atoms with van der Waals surface area (Å²) in [6.45, 7) is 4.94. The molecule has 0 bridgehead atoms. The molecule has 0 spiro atoms. The molecule has 0 aliphatic heterocycles. The molecule has 0 aromatic carbocycles. The van der Waals surface area contributed by atoms with Crippen molar-refractivity contribution in [2.24, 2.45) is 0 Å². The van der Waals surface area contributed by atoms with Crippen molar-refractivity contribution in [2.45, 2.75) is 31.7 Å². The van der Waals surface area contributed by atoms with Crippen LogP contribution < -0.4 is 10.0 Å². The number of aryl methyl sites for hydroxylation is 1. The highest BCUT2D eigenvalue weighted by Crippen LogP contribution is 2.18. The molecule has 114 valence electrons. The minimum atomic E-state index is -3.59. The highest BCUT2D eigenvalue weighted by molar-refractivity contribution is 7.89. The average molecular weight is 326 g/mol. The van der Waals surface area contributed by atoms with Crippen molar-refractivity contribution in [3.63, 3.8) is 0 Å². The fourth-order valence-corrected chi connectivity index (χ4v) is 3.68. The second kappa shape index (κ2) is 6.97. The lowest BCUT2D eigenvalue weighted by Crippen LogP contribution is -2.23. The number of hydrogen-bond donors (Lipinski definition) is 2. The largest absolute Gasteiger partial charge is 0.355 e. The summed E-state index contributed by atoms with van der Waals surface area (Å²) in [6.07, 6.45) is 3.51. The molecular weight excluding hydrogens is 308 g/mol. The van der Waals surface area contributed by atoms with Crippen LogP contribution in [-0.2, 0) is 23.0 Å². The van der Waals surface area contributed by atoms with Crippen LogP contribution in [0.4, 0.5) is 5.95 Å². The standard InChI is InChI=1S/C13H18N4O2S2/c1-3-10-5-6-20-12(10)9-17-21(18,19)11-7-15-13(14-4-2)16-8-11/h5-8,17H,3-4,9H2,1-2H3,(H,14,15,16). The monoisotopic (exact) mass is 326 g/mol. The molecular formula is C13H18N4O2S2. The number of thiophene rings is 1. The Morgan fingerprint density at radius 2 is 1.95 bits per heavy atom. The predicted octanol–water partition coefficient (Wildman–Crippen LogP) is 2.01. The molecule has 2 N–H and O–H groups in total. The van der Waals surface area contributed by atoms with Crippen LogP contribution in [0, 0.1) is 0 Å². The van der Waals surface area contributed by atoms with E-state index in [0.29, 0.717) is 12.5 Å². The fourth-order valence-electron chi connectivity index (χ4n) is 1.79. The van der Waals surface area contributed by atoms with Gasteiger partial charge in [-0.3, -0.25) is 0 Å². The zero-order chi connectivity index (χ0) is 15.3. The highest BCUT2D eigenvalue weighted by Gasteiger charge is 2.16. The maximum Gasteiger partial charge on any atom is 0.243 e. The van der Waals surface area contributed by atoms with Crippen molar-refractivity contribution in [3.05, 3.63) is 34.3 Å². The molecule has 2 aromatic heterocycles. The zero-order valence-corrected chi connectivity index (χ0v) is 13.6. The Hall–Kier alpha value is -1.51. The van der Waals surface area contributed by atoms with Crippen LogP contribution in [-0.4, -0.2) is 24.9 Å². The topological polar surface area (TPSA) is 84.0 Å². The first-order valence-corrected chi connectivity index (χ1v) is 9.04. The second-order valence-electron chi connectivity index (χ2n) is 4.32. The molecule has 2 heterocycles. The number of hydrogen-bond acceptors (Lipinski definition) is 6. The molecule has 0 amide bonds. The summed E-state index contributed by atoms with van der Waals surface area (Å²) in [6, 6.07) is 2.02. The van der Waals surface area contributed by atoms with Crippen molar-refractivity contribution in [3.8, 4) is 0 Å². The van der Waals surface area contributed by atoms with Gasteiger partial charge in [0.1, 0.15) is 4.90 Å². The lowest BCUT2D eigenvalue weighted by Gasteiger charge is -2.07. The van der Waals surface area contributed by atoms with Crippen LogP contribution in [0.15, 0.2) is 28.7 Å². The van der Waals surface area contributed by atoms with Crippen LogP contribution in [0.25, 0.3) is 0 Å². The van der Waals surface area contributed by atoms with Crippen molar-refractivity contribution in [2.75, 3.05) is 11.9 Å². The van der Waals surface area contributed by atoms with Gasteiger partial charge in [-0.05, 0) is 30.4 Å². The van der Waals surface area contributed by atoms with Crippen LogP contribution in [0.3, 0.4) is 0 Å². The number of sulfonamides is 1. The minimum absolute atomic E-state index is 0.0683. The average Bonchev–Trinajstić information content (AvgIpc) is 2.94. The van der Waals surface area contributed by atoms with Crippen molar-refractivity contribution in [1.29, 1.82) is 0 Å². The summed E-state index contributed by atoms with van der Waals surface area (Å²) >= 11 is 1.55. The van der Waals surface area contributed by atoms with E-state index in [0.717, 1.165) is 11.3 Å². The summed E-state index contributed by atoms with van der Waals surface area (Å²) in [5.41, 5.74) is 1.17. The van der Waals surface area contributed by atoms with Crippen LogP contribution in [0.2, 0.25) is 0 Å². The molecule has 2 aromatic rings. The van der Waals surface area contributed by atoms with E-state index in [1.165, 1.54) is 18.0 Å². The molecule has 0 aliphatic rings. The van der Waals surface area contributed by atoms with Crippen LogP contribution in [0.1, 0.15) is 24.3 Å². The van der Waals surface area contributed by atoms with Crippen molar-refractivity contribution < 1.29 is 8.42 Å². The molecule has 0 saturated carbocycles. The highest BCUT2D eigenvalue weighted by atomic mass is 32.2. The maximum absolute atomic E-state index is 12.2. The van der Waals surface area contributed by atoms with E-state index in [9.17, 15) is 8.42 Å². The number of nitrogens with zero attached hydrogens (tertiary/aromatic N) is 2. The predicted molar refractivity (Wildman–Crippen MR) is 83.9 cm³/mol. The van der Waals surface area contributed by atoms with E-state index in [1.807, 2.05) is 25.3 Å². The quantitative estimate of drug-likeness (QED) is 0.813. The molecule has 0 saturated heterocycles. The van der Waals surface area contributed by atoms with E-state index < -0.39 is 10.0 Å². The van der Waals surface area contributed by atoms with E-state index in [2.05, 4.69) is 20.0 Å². The van der Waals surface area contributed by atoms with Crippen LogP contribution >= 0.6 is 11.3 Å². The summed E-state index contributed by atoms with van der Waals surface area (Å²) in [4.78, 5) is 9.05. The molecule has 2 rings (SSSR count).